The number of rotatable bonds is 1. The molecule has 0 radical (unpaired) electrons. The van der Waals surface area contributed by atoms with Crippen LogP contribution in [0, 0.1) is 28.6 Å². The van der Waals surface area contributed by atoms with E-state index in [1.54, 1.807) is 0 Å². The fourth-order valence-electron chi connectivity index (χ4n) is 2.06. The smallest absolute Gasteiger partial charge is 0.0991 e. The van der Waals surface area contributed by atoms with Gasteiger partial charge in [-0.3, -0.25) is 0 Å². The second-order valence-electron chi connectivity index (χ2n) is 4.07. The Labute approximate surface area is 95.5 Å². The lowest BCUT2D eigenvalue weighted by atomic mass is 9.99. The minimum absolute atomic E-state index is 0.143. The predicted molar refractivity (Wildman–Crippen MR) is 61.7 cm³/mol. The van der Waals surface area contributed by atoms with Crippen LogP contribution in [-0.4, -0.2) is 13.1 Å². The molecule has 0 aliphatic carbocycles. The molecule has 0 spiro atoms. The molecule has 0 N–H and O–H groups in total. The minimum Gasteiger partial charge on any atom is -0.370 e. The van der Waals surface area contributed by atoms with Crippen LogP contribution in [0.2, 0.25) is 0 Å². The number of nitrogens with zero attached hydrogens (tertiary/aromatic N) is 3. The highest BCUT2D eigenvalue weighted by Gasteiger charge is 2.19. The van der Waals surface area contributed by atoms with Crippen molar-refractivity contribution in [3.05, 3.63) is 29.8 Å². The van der Waals surface area contributed by atoms with E-state index >= 15 is 0 Å². The van der Waals surface area contributed by atoms with Crippen LogP contribution in [0.3, 0.4) is 0 Å². The van der Waals surface area contributed by atoms with Crippen molar-refractivity contribution in [2.45, 2.75) is 12.8 Å². The van der Waals surface area contributed by atoms with Gasteiger partial charge < -0.3 is 4.90 Å². The molecule has 3 nitrogen and oxygen atoms in total. The van der Waals surface area contributed by atoms with Gasteiger partial charge in [0, 0.05) is 18.8 Å². The third-order valence-electron chi connectivity index (χ3n) is 2.97. The molecule has 1 heterocycles. The number of nitriles is 2. The van der Waals surface area contributed by atoms with Gasteiger partial charge in [0.05, 0.1) is 23.6 Å². The fourth-order valence-corrected chi connectivity index (χ4v) is 2.06. The van der Waals surface area contributed by atoms with Crippen LogP contribution in [0.15, 0.2) is 24.3 Å². The first-order chi connectivity index (χ1) is 7.83. The van der Waals surface area contributed by atoms with E-state index in [2.05, 4.69) is 17.0 Å². The van der Waals surface area contributed by atoms with Crippen LogP contribution in [0.1, 0.15) is 18.4 Å². The molecule has 1 aliphatic heterocycles. The van der Waals surface area contributed by atoms with Crippen LogP contribution in [0.5, 0.6) is 0 Å². The Hall–Kier alpha value is -2.00. The normalized spacial score (nSPS) is 19.9. The average molecular weight is 211 g/mol. The summed E-state index contributed by atoms with van der Waals surface area (Å²) in [4.78, 5) is 2.22. The molecule has 80 valence electrons. The molecule has 1 aromatic rings. The fraction of sp³-hybridized carbons (Fsp3) is 0.385. The molecule has 0 bridgehead atoms. The van der Waals surface area contributed by atoms with E-state index in [1.807, 2.05) is 24.3 Å². The Balaban J connectivity index is 2.12. The first-order valence-corrected chi connectivity index (χ1v) is 5.48. The van der Waals surface area contributed by atoms with E-state index in [0.717, 1.165) is 31.6 Å². The quantitative estimate of drug-likeness (QED) is 0.716. The van der Waals surface area contributed by atoms with Gasteiger partial charge in [0.25, 0.3) is 0 Å². The zero-order valence-electron chi connectivity index (χ0n) is 9.06. The number of hydrogen-bond acceptors (Lipinski definition) is 3. The first kappa shape index (κ1) is 10.5. The van der Waals surface area contributed by atoms with Crippen molar-refractivity contribution in [2.75, 3.05) is 18.0 Å². The molecule has 0 aromatic heterocycles. The molecule has 1 fully saturated rings. The van der Waals surface area contributed by atoms with Gasteiger partial charge in [0.15, 0.2) is 0 Å². The first-order valence-electron chi connectivity index (χ1n) is 5.48. The third kappa shape index (κ3) is 2.15. The number of benzene rings is 1. The van der Waals surface area contributed by atoms with E-state index < -0.39 is 0 Å². The number of anilines is 1. The topological polar surface area (TPSA) is 50.8 Å². The van der Waals surface area contributed by atoms with Crippen LogP contribution in [0.25, 0.3) is 0 Å². The molecule has 1 aliphatic rings. The highest BCUT2D eigenvalue weighted by molar-refractivity contribution is 5.50. The SMILES string of the molecule is N#Cc1ccc(N2CCCC(C#N)C2)cc1. The summed E-state index contributed by atoms with van der Waals surface area (Å²) in [5.74, 6) is 0.143. The van der Waals surface area contributed by atoms with Gasteiger partial charge in [-0.15, -0.1) is 0 Å². The van der Waals surface area contributed by atoms with Crippen LogP contribution in [0.4, 0.5) is 5.69 Å². The standard InChI is InChI=1S/C13H13N3/c14-8-11-3-5-13(6-4-11)16-7-1-2-12(9-15)10-16/h3-6,12H,1-2,7,10H2. The van der Waals surface area contributed by atoms with Crippen molar-refractivity contribution >= 4 is 5.69 Å². The lowest BCUT2D eigenvalue weighted by Crippen LogP contribution is -2.34. The maximum atomic E-state index is 8.92. The van der Waals surface area contributed by atoms with Gasteiger partial charge in [-0.1, -0.05) is 0 Å². The van der Waals surface area contributed by atoms with Crippen LogP contribution in [-0.2, 0) is 0 Å². The number of piperidine rings is 1. The van der Waals surface area contributed by atoms with Crippen LogP contribution >= 0.6 is 0 Å². The molecule has 1 aromatic carbocycles. The summed E-state index contributed by atoms with van der Waals surface area (Å²) in [6.07, 6.45) is 2.07. The molecule has 16 heavy (non-hydrogen) atoms. The summed E-state index contributed by atoms with van der Waals surface area (Å²) >= 11 is 0. The second-order valence-corrected chi connectivity index (χ2v) is 4.07. The van der Waals surface area contributed by atoms with Crippen molar-refractivity contribution in [1.82, 2.24) is 0 Å². The zero-order valence-corrected chi connectivity index (χ0v) is 9.06. The molecular formula is C13H13N3. The van der Waals surface area contributed by atoms with Crippen molar-refractivity contribution in [1.29, 1.82) is 10.5 Å². The van der Waals surface area contributed by atoms with Gasteiger partial charge in [-0.2, -0.15) is 10.5 Å². The van der Waals surface area contributed by atoms with Crippen molar-refractivity contribution in [3.63, 3.8) is 0 Å². The second kappa shape index (κ2) is 4.68. The van der Waals surface area contributed by atoms with Crippen molar-refractivity contribution < 1.29 is 0 Å². The van der Waals surface area contributed by atoms with Gasteiger partial charge >= 0.3 is 0 Å². The maximum absolute atomic E-state index is 8.92. The summed E-state index contributed by atoms with van der Waals surface area (Å²) < 4.78 is 0. The van der Waals surface area contributed by atoms with Crippen molar-refractivity contribution in [3.8, 4) is 12.1 Å². The predicted octanol–water partition coefficient (Wildman–Crippen LogP) is 2.30. The van der Waals surface area contributed by atoms with Gasteiger partial charge in [-0.25, -0.2) is 0 Å². The zero-order chi connectivity index (χ0) is 11.4. The third-order valence-corrected chi connectivity index (χ3v) is 2.97. The molecule has 0 saturated carbocycles. The van der Waals surface area contributed by atoms with E-state index in [4.69, 9.17) is 10.5 Å². The molecular weight excluding hydrogens is 198 g/mol. The Morgan fingerprint density at radius 2 is 1.94 bits per heavy atom. The summed E-state index contributed by atoms with van der Waals surface area (Å²) in [6, 6.07) is 12.0. The van der Waals surface area contributed by atoms with E-state index in [-0.39, 0.29) is 5.92 Å². The molecule has 1 unspecified atom stereocenters. The monoisotopic (exact) mass is 211 g/mol. The van der Waals surface area contributed by atoms with E-state index in [9.17, 15) is 0 Å². The Morgan fingerprint density at radius 1 is 1.19 bits per heavy atom. The maximum Gasteiger partial charge on any atom is 0.0991 e. The van der Waals surface area contributed by atoms with Gasteiger partial charge in [0.2, 0.25) is 0 Å². The number of hydrogen-bond donors (Lipinski definition) is 0. The molecule has 0 amide bonds. The minimum atomic E-state index is 0.143. The highest BCUT2D eigenvalue weighted by Crippen LogP contribution is 2.22. The summed E-state index contributed by atoms with van der Waals surface area (Å²) in [7, 11) is 0. The lowest BCUT2D eigenvalue weighted by molar-refractivity contribution is 0.493. The molecule has 2 rings (SSSR count). The Morgan fingerprint density at radius 3 is 2.56 bits per heavy atom. The van der Waals surface area contributed by atoms with E-state index in [1.165, 1.54) is 0 Å². The van der Waals surface area contributed by atoms with Crippen molar-refractivity contribution in [2.24, 2.45) is 5.92 Å². The Kier molecular flexibility index (Phi) is 3.08. The Bertz CT molecular complexity index is 436. The lowest BCUT2D eigenvalue weighted by Gasteiger charge is -2.31. The van der Waals surface area contributed by atoms with E-state index in [0.29, 0.717) is 5.56 Å². The summed E-state index contributed by atoms with van der Waals surface area (Å²) in [5.41, 5.74) is 1.79. The molecule has 1 atom stereocenters. The van der Waals surface area contributed by atoms with Crippen LogP contribution < -0.4 is 4.90 Å². The summed E-state index contributed by atoms with van der Waals surface area (Å²) in [6.45, 7) is 1.81. The molecule has 1 saturated heterocycles. The van der Waals surface area contributed by atoms with Gasteiger partial charge in [-0.05, 0) is 37.1 Å². The van der Waals surface area contributed by atoms with Gasteiger partial charge in [0.1, 0.15) is 0 Å². The highest BCUT2D eigenvalue weighted by atomic mass is 15.1. The molecule has 3 heteroatoms. The summed E-state index contributed by atoms with van der Waals surface area (Å²) in [5, 5.41) is 17.6. The average Bonchev–Trinajstić information content (AvgIpc) is 2.39. The largest absolute Gasteiger partial charge is 0.370 e.